The molecule has 0 aromatic rings. The molecule has 0 aromatic carbocycles. The lowest BCUT2D eigenvalue weighted by molar-refractivity contribution is -0.124. The molecule has 0 heterocycles. The third-order valence-corrected chi connectivity index (χ3v) is 8.44. The van der Waals surface area contributed by atoms with Crippen LogP contribution in [0.25, 0.3) is 0 Å². The van der Waals surface area contributed by atoms with Crippen LogP contribution in [-0.4, -0.2) is 33.7 Å². The van der Waals surface area contributed by atoms with Gasteiger partial charge in [0, 0.05) is 14.0 Å². The molecule has 0 spiro atoms. The molecule has 0 saturated heterocycles. The quantitative estimate of drug-likeness (QED) is 0.604. The highest BCUT2D eigenvalue weighted by Gasteiger charge is 2.41. The van der Waals surface area contributed by atoms with Crippen molar-refractivity contribution in [2.24, 2.45) is 5.92 Å². The van der Waals surface area contributed by atoms with E-state index in [-0.39, 0.29) is 17.0 Å². The fourth-order valence-electron chi connectivity index (χ4n) is 1.63. The van der Waals surface area contributed by atoms with Gasteiger partial charge in [0.25, 0.3) is 0 Å². The fraction of sp³-hybridized carbons (Fsp3) is 0.857. The van der Waals surface area contributed by atoms with Crippen LogP contribution in [-0.2, 0) is 14.0 Å². The van der Waals surface area contributed by atoms with E-state index in [1.807, 2.05) is 6.92 Å². The highest BCUT2D eigenvalue weighted by Crippen LogP contribution is 2.38. The molecule has 0 rings (SSSR count). The first-order valence-corrected chi connectivity index (χ1v) is 9.74. The molecule has 116 valence electrons. The maximum absolute atomic E-state index is 11.2. The van der Waals surface area contributed by atoms with E-state index >= 15 is 0 Å². The molecule has 0 aliphatic heterocycles. The van der Waals surface area contributed by atoms with E-state index < -0.39 is 20.5 Å². The number of nitrogens with zero attached hydrogens (tertiary/aromatic N) is 1. The van der Waals surface area contributed by atoms with E-state index in [0.29, 0.717) is 0 Å². The molecule has 0 aromatic heterocycles. The zero-order valence-electron chi connectivity index (χ0n) is 13.9. The molecule has 0 aliphatic rings. The summed E-state index contributed by atoms with van der Waals surface area (Å²) in [6.45, 7) is 14.0. The van der Waals surface area contributed by atoms with Crippen LogP contribution < -0.4 is 5.32 Å². The molecule has 0 saturated carbocycles. The van der Waals surface area contributed by atoms with Crippen molar-refractivity contribution in [2.75, 3.05) is 7.11 Å². The van der Waals surface area contributed by atoms with Crippen molar-refractivity contribution in [2.45, 2.75) is 65.1 Å². The van der Waals surface area contributed by atoms with E-state index in [0.717, 1.165) is 0 Å². The SMILES string of the molecule is CO[C@H](NC(C)=O)[C@H](C#N)[C@@H](C)O[Si](C)(C)C(C)(C)C. The number of ether oxygens (including phenoxy) is 1. The van der Waals surface area contributed by atoms with Gasteiger partial charge in [-0.1, -0.05) is 20.8 Å². The molecule has 3 atom stereocenters. The van der Waals surface area contributed by atoms with E-state index in [9.17, 15) is 10.1 Å². The molecule has 1 N–H and O–H groups in total. The monoisotopic (exact) mass is 300 g/mol. The summed E-state index contributed by atoms with van der Waals surface area (Å²) < 4.78 is 11.4. The van der Waals surface area contributed by atoms with E-state index in [2.05, 4.69) is 45.3 Å². The summed E-state index contributed by atoms with van der Waals surface area (Å²) in [5.41, 5.74) is 0. The number of methoxy groups -OCH3 is 1. The Morgan fingerprint density at radius 2 is 1.85 bits per heavy atom. The topological polar surface area (TPSA) is 71.3 Å². The molecule has 0 radical (unpaired) electrons. The molecule has 0 bridgehead atoms. The Kier molecular flexibility index (Phi) is 6.88. The lowest BCUT2D eigenvalue weighted by atomic mass is 10.0. The maximum atomic E-state index is 11.2. The second-order valence-electron chi connectivity index (χ2n) is 6.59. The number of rotatable bonds is 6. The van der Waals surface area contributed by atoms with Crippen LogP contribution in [0.2, 0.25) is 18.1 Å². The summed E-state index contributed by atoms with van der Waals surface area (Å²) in [6.07, 6.45) is -0.963. The van der Waals surface area contributed by atoms with Crippen molar-refractivity contribution >= 4 is 14.2 Å². The third-order valence-electron chi connectivity index (χ3n) is 3.87. The van der Waals surface area contributed by atoms with Gasteiger partial charge >= 0.3 is 0 Å². The number of carbonyl (C=O) groups is 1. The van der Waals surface area contributed by atoms with E-state index in [1.54, 1.807) is 0 Å². The fourth-order valence-corrected chi connectivity index (χ4v) is 3.06. The highest BCUT2D eigenvalue weighted by atomic mass is 28.4. The zero-order chi connectivity index (χ0) is 16.1. The number of hydrogen-bond donors (Lipinski definition) is 1. The minimum Gasteiger partial charge on any atom is -0.413 e. The van der Waals surface area contributed by atoms with Gasteiger partial charge in [0.05, 0.1) is 12.2 Å². The van der Waals surface area contributed by atoms with Gasteiger partial charge in [-0.3, -0.25) is 4.79 Å². The Labute approximate surface area is 123 Å². The summed E-state index contributed by atoms with van der Waals surface area (Å²) in [5.74, 6) is -0.769. The number of carbonyl (C=O) groups excluding carboxylic acids is 1. The van der Waals surface area contributed by atoms with Crippen molar-refractivity contribution in [3.05, 3.63) is 0 Å². The second-order valence-corrected chi connectivity index (χ2v) is 11.4. The molecule has 0 unspecified atom stereocenters. The molecular formula is C14H28N2O3Si. The van der Waals surface area contributed by atoms with Gasteiger partial charge in [-0.25, -0.2) is 0 Å². The minimum absolute atomic E-state index is 0.0673. The molecule has 0 fully saturated rings. The van der Waals surface area contributed by atoms with Crippen molar-refractivity contribution in [3.8, 4) is 6.07 Å². The van der Waals surface area contributed by atoms with Gasteiger partial charge in [-0.15, -0.1) is 0 Å². The second kappa shape index (κ2) is 7.20. The smallest absolute Gasteiger partial charge is 0.218 e. The normalized spacial score (nSPS) is 16.9. The Hall–Kier alpha value is -0.903. The van der Waals surface area contributed by atoms with Crippen LogP contribution in [0.3, 0.4) is 0 Å². The number of amides is 1. The van der Waals surface area contributed by atoms with Gasteiger partial charge in [0.1, 0.15) is 12.1 Å². The molecular weight excluding hydrogens is 272 g/mol. The lowest BCUT2D eigenvalue weighted by Crippen LogP contribution is -2.50. The Bertz CT molecular complexity index is 372. The lowest BCUT2D eigenvalue weighted by Gasteiger charge is -2.40. The number of nitriles is 1. The summed E-state index contributed by atoms with van der Waals surface area (Å²) >= 11 is 0. The summed E-state index contributed by atoms with van der Waals surface area (Å²) in [7, 11) is -0.489. The van der Waals surface area contributed by atoms with Crippen LogP contribution in [0, 0.1) is 17.2 Å². The van der Waals surface area contributed by atoms with E-state index in [4.69, 9.17) is 9.16 Å². The van der Waals surface area contributed by atoms with Gasteiger partial charge in [-0.05, 0) is 25.1 Å². The predicted molar refractivity (Wildman–Crippen MR) is 81.5 cm³/mol. The van der Waals surface area contributed by atoms with Crippen LogP contribution in [0.5, 0.6) is 0 Å². The van der Waals surface area contributed by atoms with Gasteiger partial charge < -0.3 is 14.5 Å². The minimum atomic E-state index is -1.96. The summed E-state index contributed by atoms with van der Waals surface area (Å²) in [6, 6.07) is 2.19. The Morgan fingerprint density at radius 3 is 2.15 bits per heavy atom. The standard InChI is InChI=1S/C14H28N2O3Si/c1-10(19-20(7,8)14(3,4)5)12(9-15)13(18-6)16-11(2)17/h10,12-13H,1-8H3,(H,16,17)/t10-,12-,13+/m1/s1. The molecule has 5 nitrogen and oxygen atoms in total. The van der Waals surface area contributed by atoms with Gasteiger partial charge in [0.2, 0.25) is 5.91 Å². The van der Waals surface area contributed by atoms with E-state index in [1.165, 1.54) is 14.0 Å². The molecule has 20 heavy (non-hydrogen) atoms. The highest BCUT2D eigenvalue weighted by molar-refractivity contribution is 6.74. The third kappa shape index (κ3) is 5.23. The van der Waals surface area contributed by atoms with Gasteiger partial charge in [0.15, 0.2) is 8.32 Å². The Balaban J connectivity index is 5.00. The Morgan fingerprint density at radius 1 is 1.35 bits per heavy atom. The van der Waals surface area contributed by atoms with Crippen LogP contribution >= 0.6 is 0 Å². The average Bonchev–Trinajstić information content (AvgIpc) is 2.25. The average molecular weight is 300 g/mol. The molecule has 0 aliphatic carbocycles. The van der Waals surface area contributed by atoms with Crippen LogP contribution in [0.15, 0.2) is 0 Å². The van der Waals surface area contributed by atoms with Crippen LogP contribution in [0.4, 0.5) is 0 Å². The van der Waals surface area contributed by atoms with Gasteiger partial charge in [-0.2, -0.15) is 5.26 Å². The maximum Gasteiger partial charge on any atom is 0.218 e. The first-order chi connectivity index (χ1) is 8.96. The first kappa shape index (κ1) is 19.1. The van der Waals surface area contributed by atoms with Crippen molar-refractivity contribution in [1.82, 2.24) is 5.32 Å². The molecule has 1 amide bonds. The number of nitrogens with one attached hydrogen (secondary N) is 1. The summed E-state index contributed by atoms with van der Waals surface area (Å²) in [4.78, 5) is 11.2. The molecule has 6 heteroatoms. The van der Waals surface area contributed by atoms with Crippen molar-refractivity contribution < 1.29 is 14.0 Å². The zero-order valence-corrected chi connectivity index (χ0v) is 14.9. The van der Waals surface area contributed by atoms with Crippen molar-refractivity contribution in [1.29, 1.82) is 5.26 Å². The van der Waals surface area contributed by atoms with Crippen molar-refractivity contribution in [3.63, 3.8) is 0 Å². The largest absolute Gasteiger partial charge is 0.413 e. The number of hydrogen-bond acceptors (Lipinski definition) is 4. The van der Waals surface area contributed by atoms with Crippen LogP contribution in [0.1, 0.15) is 34.6 Å². The first-order valence-electron chi connectivity index (χ1n) is 6.83. The summed E-state index contributed by atoms with van der Waals surface area (Å²) in [5, 5.41) is 12.1. The predicted octanol–water partition coefficient (Wildman–Crippen LogP) is 2.65.